The predicted octanol–water partition coefficient (Wildman–Crippen LogP) is 2.92. The SMILES string of the molecule is Cc1[nH]nc2c1C(c1ccc(Cl)c([N+](=O)[O-])c1)C(C#N)C(=N)O2. The van der Waals surface area contributed by atoms with Crippen LogP contribution in [0.3, 0.4) is 0 Å². The van der Waals surface area contributed by atoms with Crippen LogP contribution in [0.25, 0.3) is 0 Å². The van der Waals surface area contributed by atoms with E-state index in [1.165, 1.54) is 12.1 Å². The van der Waals surface area contributed by atoms with Crippen molar-refractivity contribution in [2.75, 3.05) is 0 Å². The Labute approximate surface area is 135 Å². The number of fused-ring (bicyclic) bond motifs is 1. The molecule has 1 aliphatic rings. The van der Waals surface area contributed by atoms with Gasteiger partial charge in [-0.2, -0.15) is 5.26 Å². The van der Waals surface area contributed by atoms with Crippen LogP contribution in [-0.4, -0.2) is 21.0 Å². The zero-order valence-corrected chi connectivity index (χ0v) is 12.6. The normalized spacial score (nSPS) is 19.6. The summed E-state index contributed by atoms with van der Waals surface area (Å²) in [7, 11) is 0. The summed E-state index contributed by atoms with van der Waals surface area (Å²) in [5, 5.41) is 35.1. The Bertz CT molecular complexity index is 870. The van der Waals surface area contributed by atoms with Gasteiger partial charge in [0.2, 0.25) is 11.8 Å². The second kappa shape index (κ2) is 5.37. The smallest absolute Gasteiger partial charge is 0.288 e. The minimum atomic E-state index is -0.903. The van der Waals surface area contributed by atoms with Gasteiger partial charge in [-0.25, -0.2) is 0 Å². The Morgan fingerprint density at radius 1 is 1.57 bits per heavy atom. The van der Waals surface area contributed by atoms with E-state index in [4.69, 9.17) is 21.7 Å². The number of nitriles is 1. The molecule has 2 atom stereocenters. The van der Waals surface area contributed by atoms with E-state index in [-0.39, 0.29) is 22.5 Å². The second-order valence-corrected chi connectivity index (χ2v) is 5.49. The molecule has 23 heavy (non-hydrogen) atoms. The van der Waals surface area contributed by atoms with Crippen LogP contribution in [0.4, 0.5) is 5.69 Å². The molecule has 2 aromatic rings. The van der Waals surface area contributed by atoms with Crippen molar-refractivity contribution in [1.29, 1.82) is 10.7 Å². The monoisotopic (exact) mass is 331 g/mol. The van der Waals surface area contributed by atoms with Crippen LogP contribution in [0.15, 0.2) is 18.2 Å². The number of halogens is 1. The maximum Gasteiger partial charge on any atom is 0.288 e. The molecule has 8 nitrogen and oxygen atoms in total. The third kappa shape index (κ3) is 2.31. The molecule has 0 aliphatic carbocycles. The van der Waals surface area contributed by atoms with Crippen molar-refractivity contribution in [2.45, 2.75) is 12.8 Å². The number of aryl methyl sites for hydroxylation is 1. The van der Waals surface area contributed by atoms with Gasteiger partial charge in [-0.05, 0) is 18.6 Å². The molecular weight excluding hydrogens is 322 g/mol. The van der Waals surface area contributed by atoms with Gasteiger partial charge in [-0.3, -0.25) is 20.6 Å². The number of nitro benzene ring substituents is 1. The van der Waals surface area contributed by atoms with Gasteiger partial charge >= 0.3 is 0 Å². The van der Waals surface area contributed by atoms with Crippen molar-refractivity contribution in [3.8, 4) is 11.9 Å². The average molecular weight is 332 g/mol. The van der Waals surface area contributed by atoms with Gasteiger partial charge in [0.05, 0.1) is 11.0 Å². The van der Waals surface area contributed by atoms with Crippen LogP contribution in [0.2, 0.25) is 5.02 Å². The van der Waals surface area contributed by atoms with Gasteiger partial charge in [0, 0.05) is 23.2 Å². The summed E-state index contributed by atoms with van der Waals surface area (Å²) in [4.78, 5) is 10.5. The van der Waals surface area contributed by atoms with E-state index in [9.17, 15) is 15.4 Å². The number of nitrogens with one attached hydrogen (secondary N) is 2. The van der Waals surface area contributed by atoms with E-state index < -0.39 is 16.8 Å². The minimum absolute atomic E-state index is 0.0125. The summed E-state index contributed by atoms with van der Waals surface area (Å²) in [6.45, 7) is 1.76. The quantitative estimate of drug-likeness (QED) is 0.645. The maximum atomic E-state index is 11.1. The van der Waals surface area contributed by atoms with E-state index in [2.05, 4.69) is 10.2 Å². The van der Waals surface area contributed by atoms with E-state index in [0.29, 0.717) is 16.8 Å². The van der Waals surface area contributed by atoms with Gasteiger partial charge in [0.15, 0.2) is 0 Å². The molecule has 2 N–H and O–H groups in total. The Morgan fingerprint density at radius 2 is 2.30 bits per heavy atom. The van der Waals surface area contributed by atoms with Gasteiger partial charge in [-0.15, -0.1) is 5.10 Å². The number of hydrogen-bond acceptors (Lipinski definition) is 6. The molecule has 0 fully saturated rings. The van der Waals surface area contributed by atoms with Gasteiger partial charge in [0.1, 0.15) is 10.9 Å². The zero-order chi connectivity index (χ0) is 16.7. The van der Waals surface area contributed by atoms with E-state index in [0.717, 1.165) is 0 Å². The fourth-order valence-corrected chi connectivity index (χ4v) is 2.89. The van der Waals surface area contributed by atoms with Crippen molar-refractivity contribution >= 4 is 23.2 Å². The molecule has 0 radical (unpaired) electrons. The third-order valence-corrected chi connectivity index (χ3v) is 4.08. The maximum absolute atomic E-state index is 11.1. The van der Waals surface area contributed by atoms with E-state index in [1.807, 2.05) is 6.07 Å². The van der Waals surface area contributed by atoms with Crippen molar-refractivity contribution in [3.05, 3.63) is 50.2 Å². The molecule has 1 aromatic heterocycles. The largest absolute Gasteiger partial charge is 0.422 e. The molecular formula is C14H10ClN5O3. The Kier molecular flexibility index (Phi) is 3.50. The van der Waals surface area contributed by atoms with Crippen LogP contribution >= 0.6 is 11.6 Å². The Hall–Kier alpha value is -2.92. The highest BCUT2D eigenvalue weighted by Gasteiger charge is 2.40. The summed E-state index contributed by atoms with van der Waals surface area (Å²) in [5.74, 6) is -1.53. The van der Waals surface area contributed by atoms with Crippen LogP contribution in [0.5, 0.6) is 5.88 Å². The zero-order valence-electron chi connectivity index (χ0n) is 11.8. The van der Waals surface area contributed by atoms with Crippen LogP contribution in [0.1, 0.15) is 22.7 Å². The highest BCUT2D eigenvalue weighted by atomic mass is 35.5. The fourth-order valence-electron chi connectivity index (χ4n) is 2.70. The first-order valence-corrected chi connectivity index (χ1v) is 6.96. The first-order valence-electron chi connectivity index (χ1n) is 6.58. The number of hydrogen-bond donors (Lipinski definition) is 2. The van der Waals surface area contributed by atoms with E-state index >= 15 is 0 Å². The lowest BCUT2D eigenvalue weighted by Gasteiger charge is -2.27. The highest BCUT2D eigenvalue weighted by Crippen LogP contribution is 2.43. The molecule has 2 heterocycles. The number of aromatic amines is 1. The minimum Gasteiger partial charge on any atom is -0.422 e. The number of benzene rings is 1. The molecule has 9 heteroatoms. The molecule has 0 amide bonds. The lowest BCUT2D eigenvalue weighted by Crippen LogP contribution is -2.31. The Morgan fingerprint density at radius 3 is 2.96 bits per heavy atom. The van der Waals surface area contributed by atoms with Crippen molar-refractivity contribution < 1.29 is 9.66 Å². The summed E-state index contributed by atoms with van der Waals surface area (Å²) in [6, 6.07) is 6.38. The summed E-state index contributed by atoms with van der Waals surface area (Å²) >= 11 is 5.85. The number of ether oxygens (including phenoxy) is 1. The molecule has 0 bridgehead atoms. The number of nitro groups is 1. The molecule has 0 saturated carbocycles. The topological polar surface area (TPSA) is 129 Å². The number of nitrogens with zero attached hydrogens (tertiary/aromatic N) is 3. The number of rotatable bonds is 2. The highest BCUT2D eigenvalue weighted by molar-refractivity contribution is 6.32. The van der Waals surface area contributed by atoms with E-state index in [1.54, 1.807) is 13.0 Å². The van der Waals surface area contributed by atoms with Crippen LogP contribution in [0, 0.1) is 39.7 Å². The first kappa shape index (κ1) is 15.0. The molecule has 0 spiro atoms. The molecule has 1 aromatic carbocycles. The third-order valence-electron chi connectivity index (χ3n) is 3.76. The average Bonchev–Trinajstić information content (AvgIpc) is 2.87. The number of H-pyrrole nitrogens is 1. The standard InChI is InChI=1S/C14H10ClN5O3/c1-6-11-12(7-2-3-9(15)10(4-7)20(21)22)8(5-16)13(17)23-14(11)19-18-6/h2-4,8,12,17H,1H3,(H,18,19). The molecule has 116 valence electrons. The lowest BCUT2D eigenvalue weighted by atomic mass is 9.79. The van der Waals surface area contributed by atoms with Crippen molar-refractivity contribution in [2.24, 2.45) is 5.92 Å². The second-order valence-electron chi connectivity index (χ2n) is 5.09. The Balaban J connectivity index is 2.22. The molecule has 0 saturated heterocycles. The lowest BCUT2D eigenvalue weighted by molar-refractivity contribution is -0.384. The summed E-state index contributed by atoms with van der Waals surface area (Å²) in [6.07, 6.45) is 0. The summed E-state index contributed by atoms with van der Waals surface area (Å²) in [5.41, 5.74) is 1.55. The number of aromatic nitrogens is 2. The fraction of sp³-hybridized carbons (Fsp3) is 0.214. The van der Waals surface area contributed by atoms with Gasteiger partial charge in [-0.1, -0.05) is 17.7 Å². The summed E-state index contributed by atoms with van der Waals surface area (Å²) < 4.78 is 5.27. The molecule has 3 rings (SSSR count). The van der Waals surface area contributed by atoms with Gasteiger partial charge in [0.25, 0.3) is 5.69 Å². The molecule has 1 aliphatic heterocycles. The molecule has 2 unspecified atom stereocenters. The predicted molar refractivity (Wildman–Crippen MR) is 80.7 cm³/mol. The van der Waals surface area contributed by atoms with Gasteiger partial charge < -0.3 is 4.74 Å². The first-order chi connectivity index (χ1) is 10.9. The van der Waals surface area contributed by atoms with Crippen molar-refractivity contribution in [1.82, 2.24) is 10.2 Å². The van der Waals surface area contributed by atoms with Crippen LogP contribution < -0.4 is 4.74 Å². The van der Waals surface area contributed by atoms with Crippen LogP contribution in [-0.2, 0) is 0 Å². The van der Waals surface area contributed by atoms with Crippen molar-refractivity contribution in [3.63, 3.8) is 0 Å².